The summed E-state index contributed by atoms with van der Waals surface area (Å²) in [6.45, 7) is 0. The lowest BCUT2D eigenvalue weighted by molar-refractivity contribution is 0.0955. The Bertz CT molecular complexity index is 670. The maximum Gasteiger partial charge on any atom is 0.271 e. The number of nitrogens with one attached hydrogen (secondary N) is 1. The zero-order valence-corrected chi connectivity index (χ0v) is 14.3. The van der Waals surface area contributed by atoms with Crippen LogP contribution in [0.25, 0.3) is 0 Å². The molecule has 108 valence electrons. The second-order valence-corrected chi connectivity index (χ2v) is 5.92. The molecule has 0 bridgehead atoms. The van der Waals surface area contributed by atoms with E-state index in [2.05, 4.69) is 42.4 Å². The molecule has 2 aromatic rings. The maximum atomic E-state index is 11.9. The number of halogens is 2. The highest BCUT2D eigenvalue weighted by Crippen LogP contribution is 2.21. The molecule has 0 aromatic heterocycles. The first-order valence-electron chi connectivity index (χ1n) is 6.02. The Labute approximate surface area is 139 Å². The van der Waals surface area contributed by atoms with Crippen molar-refractivity contribution in [1.29, 1.82) is 0 Å². The van der Waals surface area contributed by atoms with Crippen LogP contribution in [-0.4, -0.2) is 19.2 Å². The fourth-order valence-corrected chi connectivity index (χ4v) is 2.28. The highest BCUT2D eigenvalue weighted by Gasteiger charge is 2.04. The quantitative estimate of drug-likeness (QED) is 0.610. The van der Waals surface area contributed by atoms with Crippen LogP contribution in [0, 0.1) is 0 Å². The number of carbonyl (C=O) groups is 1. The topological polar surface area (TPSA) is 50.7 Å². The fourth-order valence-electron chi connectivity index (χ4n) is 1.63. The van der Waals surface area contributed by atoms with Crippen molar-refractivity contribution in [3.8, 4) is 5.75 Å². The molecule has 6 heteroatoms. The van der Waals surface area contributed by atoms with Crippen LogP contribution in [-0.2, 0) is 0 Å². The van der Waals surface area contributed by atoms with Crippen molar-refractivity contribution in [3.05, 3.63) is 62.5 Å². The lowest BCUT2D eigenvalue weighted by Gasteiger charge is -2.04. The van der Waals surface area contributed by atoms with Crippen LogP contribution < -0.4 is 10.2 Å². The third-order valence-electron chi connectivity index (χ3n) is 2.67. The first-order valence-corrected chi connectivity index (χ1v) is 7.61. The Balaban J connectivity index is 2.07. The van der Waals surface area contributed by atoms with Gasteiger partial charge in [0, 0.05) is 20.1 Å². The van der Waals surface area contributed by atoms with Gasteiger partial charge in [0.2, 0.25) is 0 Å². The molecule has 0 unspecified atom stereocenters. The number of hydrazone groups is 1. The summed E-state index contributed by atoms with van der Waals surface area (Å²) in [5.74, 6) is 0.410. The van der Waals surface area contributed by atoms with Gasteiger partial charge in [0.15, 0.2) is 0 Å². The standard InChI is InChI=1S/C15H12Br2N2O2/c1-21-14-7-6-13(17)8-11(14)9-18-19-15(20)10-2-4-12(16)5-3-10/h2-9H,1H3,(H,19,20)/b18-9-. The van der Waals surface area contributed by atoms with Gasteiger partial charge in [-0.2, -0.15) is 5.10 Å². The molecule has 4 nitrogen and oxygen atoms in total. The minimum absolute atomic E-state index is 0.271. The predicted octanol–water partition coefficient (Wildman–Crippen LogP) is 3.98. The van der Waals surface area contributed by atoms with Gasteiger partial charge in [-0.05, 0) is 42.5 Å². The summed E-state index contributed by atoms with van der Waals surface area (Å²) < 4.78 is 7.05. The van der Waals surface area contributed by atoms with Crippen molar-refractivity contribution in [2.75, 3.05) is 7.11 Å². The Morgan fingerprint density at radius 3 is 2.48 bits per heavy atom. The van der Waals surface area contributed by atoms with Crippen LogP contribution in [0.3, 0.4) is 0 Å². The van der Waals surface area contributed by atoms with Crippen LogP contribution in [0.4, 0.5) is 0 Å². The van der Waals surface area contributed by atoms with Crippen molar-refractivity contribution in [2.24, 2.45) is 5.10 Å². The molecule has 21 heavy (non-hydrogen) atoms. The average Bonchev–Trinajstić information content (AvgIpc) is 2.48. The van der Waals surface area contributed by atoms with Gasteiger partial charge >= 0.3 is 0 Å². The maximum absolute atomic E-state index is 11.9. The molecule has 0 heterocycles. The largest absolute Gasteiger partial charge is 0.496 e. The Morgan fingerprint density at radius 1 is 1.14 bits per heavy atom. The number of benzene rings is 2. The third kappa shape index (κ3) is 4.41. The first-order chi connectivity index (χ1) is 10.1. The van der Waals surface area contributed by atoms with Crippen LogP contribution in [0.5, 0.6) is 5.75 Å². The molecule has 0 fully saturated rings. The Kier molecular flexibility index (Phi) is 5.52. The average molecular weight is 412 g/mol. The van der Waals surface area contributed by atoms with Crippen LogP contribution >= 0.6 is 31.9 Å². The molecule has 0 saturated carbocycles. The highest BCUT2D eigenvalue weighted by molar-refractivity contribution is 9.10. The lowest BCUT2D eigenvalue weighted by Crippen LogP contribution is -2.17. The van der Waals surface area contributed by atoms with Gasteiger partial charge in [-0.25, -0.2) is 5.43 Å². The van der Waals surface area contributed by atoms with Crippen LogP contribution in [0.1, 0.15) is 15.9 Å². The number of nitrogens with zero attached hydrogens (tertiary/aromatic N) is 1. The highest BCUT2D eigenvalue weighted by atomic mass is 79.9. The number of amides is 1. The van der Waals surface area contributed by atoms with Crippen molar-refractivity contribution in [1.82, 2.24) is 5.43 Å². The smallest absolute Gasteiger partial charge is 0.271 e. The van der Waals surface area contributed by atoms with E-state index in [9.17, 15) is 4.79 Å². The molecule has 0 aliphatic heterocycles. The number of carbonyl (C=O) groups excluding carboxylic acids is 1. The number of rotatable bonds is 4. The zero-order chi connectivity index (χ0) is 15.2. The predicted molar refractivity (Wildman–Crippen MR) is 89.9 cm³/mol. The fraction of sp³-hybridized carbons (Fsp3) is 0.0667. The van der Waals surface area contributed by atoms with E-state index in [1.54, 1.807) is 37.6 Å². The van der Waals surface area contributed by atoms with Gasteiger partial charge in [-0.15, -0.1) is 0 Å². The van der Waals surface area contributed by atoms with Gasteiger partial charge in [0.05, 0.1) is 13.3 Å². The molecule has 0 aliphatic carbocycles. The summed E-state index contributed by atoms with van der Waals surface area (Å²) in [4.78, 5) is 11.9. The van der Waals surface area contributed by atoms with Crippen molar-refractivity contribution < 1.29 is 9.53 Å². The molecule has 0 spiro atoms. The third-order valence-corrected chi connectivity index (χ3v) is 3.69. The monoisotopic (exact) mass is 410 g/mol. The summed E-state index contributed by atoms with van der Waals surface area (Å²) in [6, 6.07) is 12.6. The molecule has 0 saturated heterocycles. The van der Waals surface area contributed by atoms with Gasteiger partial charge in [0.25, 0.3) is 5.91 Å². The van der Waals surface area contributed by atoms with E-state index in [-0.39, 0.29) is 5.91 Å². The van der Waals surface area contributed by atoms with E-state index < -0.39 is 0 Å². The van der Waals surface area contributed by atoms with Crippen LogP contribution in [0.15, 0.2) is 56.5 Å². The molecule has 1 amide bonds. The number of methoxy groups -OCH3 is 1. The van der Waals surface area contributed by atoms with Crippen molar-refractivity contribution >= 4 is 44.0 Å². The lowest BCUT2D eigenvalue weighted by atomic mass is 10.2. The van der Waals surface area contributed by atoms with Crippen LogP contribution in [0.2, 0.25) is 0 Å². The summed E-state index contributed by atoms with van der Waals surface area (Å²) in [5.41, 5.74) is 3.79. The van der Waals surface area contributed by atoms with Gasteiger partial charge in [-0.1, -0.05) is 31.9 Å². The summed E-state index contributed by atoms with van der Waals surface area (Å²) in [5, 5.41) is 3.95. The molecular formula is C15H12Br2N2O2. The molecule has 0 aliphatic rings. The van der Waals surface area contributed by atoms with Crippen molar-refractivity contribution in [2.45, 2.75) is 0 Å². The van der Waals surface area contributed by atoms with Gasteiger partial charge < -0.3 is 4.74 Å². The van der Waals surface area contributed by atoms with E-state index in [0.29, 0.717) is 11.3 Å². The van der Waals surface area contributed by atoms with E-state index in [4.69, 9.17) is 4.74 Å². The molecule has 1 N–H and O–H groups in total. The summed E-state index contributed by atoms with van der Waals surface area (Å²) in [7, 11) is 1.58. The number of hydrogen-bond acceptors (Lipinski definition) is 3. The molecule has 0 atom stereocenters. The SMILES string of the molecule is COc1ccc(Br)cc1/C=N\NC(=O)c1ccc(Br)cc1. The van der Waals surface area contributed by atoms with E-state index in [1.165, 1.54) is 0 Å². The molecule has 2 aromatic carbocycles. The summed E-state index contributed by atoms with van der Waals surface area (Å²) >= 11 is 6.70. The normalized spacial score (nSPS) is 10.6. The number of hydrogen-bond donors (Lipinski definition) is 1. The molecular weight excluding hydrogens is 400 g/mol. The minimum atomic E-state index is -0.271. The zero-order valence-electron chi connectivity index (χ0n) is 11.1. The van der Waals surface area contributed by atoms with Gasteiger partial charge in [0.1, 0.15) is 5.75 Å². The van der Waals surface area contributed by atoms with Crippen molar-refractivity contribution in [3.63, 3.8) is 0 Å². The second kappa shape index (κ2) is 7.38. The summed E-state index contributed by atoms with van der Waals surface area (Å²) in [6.07, 6.45) is 1.54. The number of ether oxygens (including phenoxy) is 1. The Morgan fingerprint density at radius 2 is 1.81 bits per heavy atom. The Hall–Kier alpha value is -1.66. The molecule has 0 radical (unpaired) electrons. The second-order valence-electron chi connectivity index (χ2n) is 4.09. The van der Waals surface area contributed by atoms with Gasteiger partial charge in [-0.3, -0.25) is 4.79 Å². The van der Waals surface area contributed by atoms with E-state index in [0.717, 1.165) is 14.5 Å². The van der Waals surface area contributed by atoms with E-state index >= 15 is 0 Å². The van der Waals surface area contributed by atoms with E-state index in [1.807, 2.05) is 18.2 Å². The first kappa shape index (κ1) is 15.7. The minimum Gasteiger partial charge on any atom is -0.496 e. The molecule has 2 rings (SSSR count).